The molecule has 0 unspecified atom stereocenters. The van der Waals surface area contributed by atoms with Gasteiger partial charge in [0.25, 0.3) is 5.91 Å². The van der Waals surface area contributed by atoms with Gasteiger partial charge >= 0.3 is 0 Å². The molecule has 1 aliphatic heterocycles. The molecule has 4 rings (SSSR count). The van der Waals surface area contributed by atoms with Crippen molar-refractivity contribution < 1.29 is 9.53 Å². The molecule has 1 saturated heterocycles. The van der Waals surface area contributed by atoms with Gasteiger partial charge in [0.15, 0.2) is 0 Å². The quantitative estimate of drug-likeness (QED) is 0.735. The number of carbonyl (C=O) groups excluding carboxylic acids is 1. The van der Waals surface area contributed by atoms with Crippen LogP contribution in [0.1, 0.15) is 21.5 Å². The molecular formula is C23H24N4O2. The van der Waals surface area contributed by atoms with Gasteiger partial charge in [-0.15, -0.1) is 0 Å². The molecule has 2 heterocycles. The van der Waals surface area contributed by atoms with Crippen molar-refractivity contribution in [3.63, 3.8) is 0 Å². The van der Waals surface area contributed by atoms with Crippen LogP contribution in [0, 0.1) is 13.8 Å². The molecule has 0 radical (unpaired) electrons. The first-order chi connectivity index (χ1) is 14.1. The summed E-state index contributed by atoms with van der Waals surface area (Å²) in [6.45, 7) is 7.11. The lowest BCUT2D eigenvalue weighted by atomic mass is 10.1. The van der Waals surface area contributed by atoms with Gasteiger partial charge in [0, 0.05) is 36.0 Å². The average molecular weight is 388 g/mol. The van der Waals surface area contributed by atoms with E-state index in [1.807, 2.05) is 56.3 Å². The maximum Gasteiger partial charge on any atom is 0.255 e. The molecule has 148 valence electrons. The number of hydrogen-bond donors (Lipinski definition) is 1. The molecule has 1 fully saturated rings. The van der Waals surface area contributed by atoms with Crippen molar-refractivity contribution in [3.05, 3.63) is 71.5 Å². The van der Waals surface area contributed by atoms with E-state index in [-0.39, 0.29) is 5.91 Å². The first-order valence-corrected chi connectivity index (χ1v) is 9.74. The molecular weight excluding hydrogens is 364 g/mol. The summed E-state index contributed by atoms with van der Waals surface area (Å²) in [4.78, 5) is 23.6. The minimum absolute atomic E-state index is 0.125. The van der Waals surface area contributed by atoms with Gasteiger partial charge < -0.3 is 15.0 Å². The number of nitrogens with one attached hydrogen (secondary N) is 1. The topological polar surface area (TPSA) is 67.4 Å². The van der Waals surface area contributed by atoms with Gasteiger partial charge in [0.1, 0.15) is 12.1 Å². The van der Waals surface area contributed by atoms with Crippen molar-refractivity contribution in [1.82, 2.24) is 9.97 Å². The number of nitrogens with zero attached hydrogens (tertiary/aromatic N) is 3. The van der Waals surface area contributed by atoms with E-state index in [4.69, 9.17) is 4.74 Å². The lowest BCUT2D eigenvalue weighted by Gasteiger charge is -2.27. The predicted octanol–water partition coefficient (Wildman–Crippen LogP) is 3.85. The third kappa shape index (κ3) is 4.43. The van der Waals surface area contributed by atoms with Crippen LogP contribution < -0.4 is 10.2 Å². The van der Waals surface area contributed by atoms with Gasteiger partial charge in [-0.25, -0.2) is 9.97 Å². The van der Waals surface area contributed by atoms with Crippen LogP contribution in [0.25, 0.3) is 11.3 Å². The van der Waals surface area contributed by atoms with Crippen LogP contribution >= 0.6 is 0 Å². The Hall–Kier alpha value is -3.25. The van der Waals surface area contributed by atoms with E-state index in [9.17, 15) is 4.79 Å². The van der Waals surface area contributed by atoms with E-state index in [1.54, 1.807) is 6.33 Å². The normalized spacial score (nSPS) is 13.9. The average Bonchev–Trinajstić information content (AvgIpc) is 2.76. The van der Waals surface area contributed by atoms with Crippen molar-refractivity contribution in [1.29, 1.82) is 0 Å². The van der Waals surface area contributed by atoms with Crippen molar-refractivity contribution in [3.8, 4) is 11.3 Å². The predicted molar refractivity (Wildman–Crippen MR) is 114 cm³/mol. The number of carbonyl (C=O) groups is 1. The molecule has 1 N–H and O–H groups in total. The standard InChI is InChI=1S/C23H24N4O2/c1-16-3-8-20(17(2)13-16)26-23(28)19-6-4-18(5-7-19)21-14-22(25-15-24-21)27-9-11-29-12-10-27/h3-8,13-15H,9-12H2,1-2H3,(H,26,28). The summed E-state index contributed by atoms with van der Waals surface area (Å²) in [5, 5.41) is 2.98. The van der Waals surface area contributed by atoms with Crippen LogP contribution in [-0.2, 0) is 4.74 Å². The Bertz CT molecular complexity index is 1010. The highest BCUT2D eigenvalue weighted by molar-refractivity contribution is 6.04. The molecule has 2 aromatic carbocycles. The van der Waals surface area contributed by atoms with Gasteiger partial charge in [0.2, 0.25) is 0 Å². The van der Waals surface area contributed by atoms with E-state index in [0.29, 0.717) is 18.8 Å². The molecule has 1 amide bonds. The van der Waals surface area contributed by atoms with E-state index >= 15 is 0 Å². The highest BCUT2D eigenvalue weighted by Gasteiger charge is 2.14. The lowest BCUT2D eigenvalue weighted by molar-refractivity contribution is 0.102. The van der Waals surface area contributed by atoms with Gasteiger partial charge in [-0.2, -0.15) is 0 Å². The zero-order valence-corrected chi connectivity index (χ0v) is 16.7. The van der Waals surface area contributed by atoms with Gasteiger partial charge in [0.05, 0.1) is 18.9 Å². The molecule has 6 heteroatoms. The van der Waals surface area contributed by atoms with Crippen LogP contribution in [0.4, 0.5) is 11.5 Å². The fourth-order valence-electron chi connectivity index (χ4n) is 3.41. The summed E-state index contributed by atoms with van der Waals surface area (Å²) in [6, 6.07) is 15.5. The molecule has 6 nitrogen and oxygen atoms in total. The Balaban J connectivity index is 1.49. The summed E-state index contributed by atoms with van der Waals surface area (Å²) >= 11 is 0. The molecule has 0 spiro atoms. The zero-order chi connectivity index (χ0) is 20.2. The fraction of sp³-hybridized carbons (Fsp3) is 0.261. The number of amides is 1. The Kier molecular flexibility index (Phi) is 5.53. The van der Waals surface area contributed by atoms with Crippen LogP contribution in [-0.4, -0.2) is 42.2 Å². The number of hydrogen-bond acceptors (Lipinski definition) is 5. The Labute approximate surface area is 170 Å². The van der Waals surface area contributed by atoms with Crippen molar-refractivity contribution >= 4 is 17.4 Å². The number of anilines is 2. The second-order valence-electron chi connectivity index (χ2n) is 7.21. The Morgan fingerprint density at radius 3 is 2.48 bits per heavy atom. The first kappa shape index (κ1) is 19.1. The number of aromatic nitrogens is 2. The lowest BCUT2D eigenvalue weighted by Crippen LogP contribution is -2.36. The number of ether oxygens (including phenoxy) is 1. The third-order valence-electron chi connectivity index (χ3n) is 5.06. The van der Waals surface area contributed by atoms with Crippen LogP contribution in [0.3, 0.4) is 0 Å². The number of rotatable bonds is 4. The maximum atomic E-state index is 12.6. The minimum Gasteiger partial charge on any atom is -0.378 e. The van der Waals surface area contributed by atoms with E-state index in [2.05, 4.69) is 26.3 Å². The molecule has 1 aromatic heterocycles. The highest BCUT2D eigenvalue weighted by Crippen LogP contribution is 2.23. The fourth-order valence-corrected chi connectivity index (χ4v) is 3.41. The molecule has 0 aliphatic carbocycles. The summed E-state index contributed by atoms with van der Waals surface area (Å²) in [6.07, 6.45) is 1.58. The van der Waals surface area contributed by atoms with Crippen molar-refractivity contribution in [2.75, 3.05) is 36.5 Å². The number of morpholine rings is 1. The molecule has 0 atom stereocenters. The number of aryl methyl sites for hydroxylation is 2. The van der Waals surface area contributed by atoms with Crippen molar-refractivity contribution in [2.45, 2.75) is 13.8 Å². The summed E-state index contributed by atoms with van der Waals surface area (Å²) in [7, 11) is 0. The largest absolute Gasteiger partial charge is 0.378 e. The molecule has 29 heavy (non-hydrogen) atoms. The first-order valence-electron chi connectivity index (χ1n) is 9.74. The zero-order valence-electron chi connectivity index (χ0n) is 16.7. The SMILES string of the molecule is Cc1ccc(NC(=O)c2ccc(-c3cc(N4CCOCC4)ncn3)cc2)c(C)c1. The summed E-state index contributed by atoms with van der Waals surface area (Å²) in [5.41, 5.74) is 5.44. The molecule has 3 aromatic rings. The van der Waals surface area contributed by atoms with Crippen molar-refractivity contribution in [2.24, 2.45) is 0 Å². The van der Waals surface area contributed by atoms with Crippen LogP contribution in [0.15, 0.2) is 54.9 Å². The highest BCUT2D eigenvalue weighted by atomic mass is 16.5. The Morgan fingerprint density at radius 1 is 1.00 bits per heavy atom. The van der Waals surface area contributed by atoms with E-state index in [0.717, 1.165) is 41.4 Å². The second kappa shape index (κ2) is 8.41. The minimum atomic E-state index is -0.125. The Morgan fingerprint density at radius 2 is 1.76 bits per heavy atom. The third-order valence-corrected chi connectivity index (χ3v) is 5.06. The molecule has 0 bridgehead atoms. The maximum absolute atomic E-state index is 12.6. The smallest absolute Gasteiger partial charge is 0.255 e. The van der Waals surface area contributed by atoms with Gasteiger partial charge in [-0.1, -0.05) is 29.8 Å². The second-order valence-corrected chi connectivity index (χ2v) is 7.21. The number of benzene rings is 2. The van der Waals surface area contributed by atoms with E-state index in [1.165, 1.54) is 5.56 Å². The van der Waals surface area contributed by atoms with E-state index < -0.39 is 0 Å². The summed E-state index contributed by atoms with van der Waals surface area (Å²) < 4.78 is 5.40. The summed E-state index contributed by atoms with van der Waals surface area (Å²) in [5.74, 6) is 0.773. The molecule has 0 saturated carbocycles. The monoisotopic (exact) mass is 388 g/mol. The van der Waals surface area contributed by atoms with Gasteiger partial charge in [-0.3, -0.25) is 4.79 Å². The van der Waals surface area contributed by atoms with Gasteiger partial charge in [-0.05, 0) is 37.6 Å². The molecule has 1 aliphatic rings. The van der Waals surface area contributed by atoms with Crippen LogP contribution in [0.2, 0.25) is 0 Å². The van der Waals surface area contributed by atoms with Crippen LogP contribution in [0.5, 0.6) is 0 Å².